The third-order valence-electron chi connectivity index (χ3n) is 4.59. The molecule has 3 aromatic rings. The number of methoxy groups -OCH3 is 1. The van der Waals surface area contributed by atoms with Gasteiger partial charge in [0.05, 0.1) is 24.4 Å². The number of hydrogen-bond donors (Lipinski definition) is 2. The molecule has 0 fully saturated rings. The highest BCUT2D eigenvalue weighted by Gasteiger charge is 2.35. The second kappa shape index (κ2) is 6.15. The largest absolute Gasteiger partial charge is 0.465 e. The van der Waals surface area contributed by atoms with Gasteiger partial charge in [-0.05, 0) is 24.6 Å². The maximum Gasteiger partial charge on any atom is 0.337 e. The smallest absolute Gasteiger partial charge is 0.337 e. The molecule has 2 aromatic carbocycles. The predicted octanol–water partition coefficient (Wildman–Crippen LogP) is 3.00. The van der Waals surface area contributed by atoms with Gasteiger partial charge in [0.25, 0.3) is 5.91 Å². The summed E-state index contributed by atoms with van der Waals surface area (Å²) >= 11 is 0. The maximum atomic E-state index is 12.3. The Labute approximate surface area is 150 Å². The number of H-pyrrole nitrogens is 1. The van der Waals surface area contributed by atoms with Gasteiger partial charge in [0.15, 0.2) is 0 Å². The maximum absolute atomic E-state index is 12.3. The quantitative estimate of drug-likeness (QED) is 0.714. The summed E-state index contributed by atoms with van der Waals surface area (Å²) in [4.78, 5) is 23.9. The third-order valence-corrected chi connectivity index (χ3v) is 4.59. The Balaban J connectivity index is 1.76. The second-order valence-corrected chi connectivity index (χ2v) is 6.25. The Bertz CT molecular complexity index is 988. The van der Waals surface area contributed by atoms with Crippen LogP contribution in [0.1, 0.15) is 43.6 Å². The molecule has 1 unspecified atom stereocenters. The average Bonchev–Trinajstić information content (AvgIpc) is 3.23. The van der Waals surface area contributed by atoms with E-state index >= 15 is 0 Å². The zero-order chi connectivity index (χ0) is 18.3. The van der Waals surface area contributed by atoms with Gasteiger partial charge in [-0.3, -0.25) is 9.89 Å². The first-order valence-corrected chi connectivity index (χ1v) is 8.23. The van der Waals surface area contributed by atoms with Crippen LogP contribution in [-0.4, -0.2) is 29.2 Å². The van der Waals surface area contributed by atoms with E-state index in [0.29, 0.717) is 11.3 Å². The zero-order valence-electron chi connectivity index (χ0n) is 14.4. The summed E-state index contributed by atoms with van der Waals surface area (Å²) in [6.07, 6.45) is 0. The molecule has 0 radical (unpaired) electrons. The van der Waals surface area contributed by atoms with Gasteiger partial charge in [0.1, 0.15) is 5.69 Å². The van der Waals surface area contributed by atoms with Crippen molar-refractivity contribution in [1.82, 2.24) is 15.5 Å². The number of carbonyl (C=O) groups is 2. The summed E-state index contributed by atoms with van der Waals surface area (Å²) in [6.45, 7) is 2.02. The number of nitrogens with one attached hydrogen (secondary N) is 2. The molecule has 1 aliphatic rings. The monoisotopic (exact) mass is 347 g/mol. The van der Waals surface area contributed by atoms with Crippen LogP contribution >= 0.6 is 0 Å². The lowest BCUT2D eigenvalue weighted by Gasteiger charge is -2.14. The number of hydrogen-bond acceptors (Lipinski definition) is 4. The van der Waals surface area contributed by atoms with Gasteiger partial charge in [-0.1, -0.05) is 42.0 Å². The van der Waals surface area contributed by atoms with E-state index in [0.717, 1.165) is 27.9 Å². The van der Waals surface area contributed by atoms with Crippen molar-refractivity contribution in [3.8, 4) is 11.3 Å². The number of aromatic nitrogens is 2. The molecule has 0 saturated heterocycles. The molecule has 1 aliphatic heterocycles. The summed E-state index contributed by atoms with van der Waals surface area (Å²) < 4.78 is 4.73. The molecule has 2 N–H and O–H groups in total. The van der Waals surface area contributed by atoms with E-state index in [2.05, 4.69) is 15.5 Å². The van der Waals surface area contributed by atoms with Crippen LogP contribution < -0.4 is 5.32 Å². The molecule has 130 valence electrons. The minimum absolute atomic E-state index is 0.187. The number of carbonyl (C=O) groups excluding carboxylic acids is 2. The zero-order valence-corrected chi connectivity index (χ0v) is 14.4. The number of rotatable bonds is 3. The lowest BCUT2D eigenvalue weighted by molar-refractivity contribution is 0.0600. The van der Waals surface area contributed by atoms with Gasteiger partial charge in [0.2, 0.25) is 0 Å². The van der Waals surface area contributed by atoms with Crippen molar-refractivity contribution in [3.63, 3.8) is 0 Å². The molecule has 4 rings (SSSR count). The van der Waals surface area contributed by atoms with Gasteiger partial charge < -0.3 is 10.1 Å². The lowest BCUT2D eigenvalue weighted by atomic mass is 9.96. The van der Waals surface area contributed by atoms with Crippen molar-refractivity contribution in [1.29, 1.82) is 0 Å². The number of esters is 1. The van der Waals surface area contributed by atoms with Crippen molar-refractivity contribution >= 4 is 11.9 Å². The molecular weight excluding hydrogens is 330 g/mol. The average molecular weight is 347 g/mol. The highest BCUT2D eigenvalue weighted by molar-refractivity contribution is 6.00. The summed E-state index contributed by atoms with van der Waals surface area (Å²) in [7, 11) is 1.35. The van der Waals surface area contributed by atoms with Crippen LogP contribution in [0.25, 0.3) is 11.3 Å². The molecule has 1 amide bonds. The van der Waals surface area contributed by atoms with Crippen LogP contribution in [0.3, 0.4) is 0 Å². The Morgan fingerprint density at radius 2 is 1.77 bits per heavy atom. The van der Waals surface area contributed by atoms with Crippen LogP contribution in [0, 0.1) is 6.92 Å². The number of aromatic amines is 1. The number of aryl methyl sites for hydroxylation is 1. The van der Waals surface area contributed by atoms with Crippen LogP contribution in [-0.2, 0) is 4.74 Å². The van der Waals surface area contributed by atoms with Crippen molar-refractivity contribution in [2.24, 2.45) is 0 Å². The highest BCUT2D eigenvalue weighted by Crippen LogP contribution is 2.37. The normalized spacial score (nSPS) is 15.5. The highest BCUT2D eigenvalue weighted by atomic mass is 16.5. The molecule has 0 bridgehead atoms. The topological polar surface area (TPSA) is 84.1 Å². The van der Waals surface area contributed by atoms with Crippen LogP contribution in [0.4, 0.5) is 0 Å². The number of ether oxygens (including phenoxy) is 1. The molecule has 0 aliphatic carbocycles. The van der Waals surface area contributed by atoms with E-state index in [1.165, 1.54) is 7.11 Å². The third kappa shape index (κ3) is 2.56. The Hall–Kier alpha value is -3.41. The van der Waals surface area contributed by atoms with Gasteiger partial charge >= 0.3 is 5.97 Å². The van der Waals surface area contributed by atoms with E-state index in [-0.39, 0.29) is 11.9 Å². The molecule has 2 heterocycles. The summed E-state index contributed by atoms with van der Waals surface area (Å²) in [5, 5.41) is 10.2. The summed E-state index contributed by atoms with van der Waals surface area (Å²) in [5.41, 5.74) is 5.49. The van der Waals surface area contributed by atoms with Gasteiger partial charge in [0, 0.05) is 11.1 Å². The van der Waals surface area contributed by atoms with Crippen molar-refractivity contribution in [2.45, 2.75) is 13.0 Å². The first-order chi connectivity index (χ1) is 12.6. The Morgan fingerprint density at radius 1 is 1.08 bits per heavy atom. The fraction of sp³-hybridized carbons (Fsp3) is 0.150. The first-order valence-electron chi connectivity index (χ1n) is 8.23. The molecule has 0 saturated carbocycles. The molecule has 0 spiro atoms. The van der Waals surface area contributed by atoms with Crippen LogP contribution in [0.2, 0.25) is 0 Å². The van der Waals surface area contributed by atoms with E-state index in [9.17, 15) is 9.59 Å². The van der Waals surface area contributed by atoms with Crippen LogP contribution in [0.15, 0.2) is 48.5 Å². The summed E-state index contributed by atoms with van der Waals surface area (Å²) in [6, 6.07) is 14.7. The molecule has 26 heavy (non-hydrogen) atoms. The van der Waals surface area contributed by atoms with E-state index in [4.69, 9.17) is 4.74 Å². The van der Waals surface area contributed by atoms with E-state index in [1.54, 1.807) is 12.1 Å². The molecule has 6 nitrogen and oxygen atoms in total. The predicted molar refractivity (Wildman–Crippen MR) is 95.9 cm³/mol. The fourth-order valence-electron chi connectivity index (χ4n) is 3.19. The van der Waals surface area contributed by atoms with Crippen molar-refractivity contribution in [3.05, 3.63) is 76.5 Å². The van der Waals surface area contributed by atoms with Crippen LogP contribution in [0.5, 0.6) is 0 Å². The minimum atomic E-state index is -0.392. The fourth-order valence-corrected chi connectivity index (χ4v) is 3.19. The number of fused-ring (bicyclic) bond motifs is 1. The van der Waals surface area contributed by atoms with Crippen molar-refractivity contribution in [2.75, 3.05) is 7.11 Å². The van der Waals surface area contributed by atoms with Crippen molar-refractivity contribution < 1.29 is 14.3 Å². The standard InChI is InChI=1S/C20H17N3O3/c1-11-3-5-13(6-4-11)17-15-16(21-19(24)18(15)23-22-17)12-7-9-14(10-8-12)20(25)26-2/h3-10,16H,1-2H3,(H,21,24)(H,22,23). The first kappa shape index (κ1) is 16.1. The van der Waals surface area contributed by atoms with E-state index < -0.39 is 5.97 Å². The minimum Gasteiger partial charge on any atom is -0.465 e. The second-order valence-electron chi connectivity index (χ2n) is 6.25. The Morgan fingerprint density at radius 3 is 2.42 bits per heavy atom. The number of nitrogens with zero attached hydrogens (tertiary/aromatic N) is 1. The van der Waals surface area contributed by atoms with E-state index in [1.807, 2.05) is 43.3 Å². The molecule has 1 aromatic heterocycles. The Kier molecular flexibility index (Phi) is 3.80. The molecule has 6 heteroatoms. The molecule has 1 atom stereocenters. The van der Waals surface area contributed by atoms with Gasteiger partial charge in [-0.2, -0.15) is 5.10 Å². The SMILES string of the molecule is COC(=O)c1ccc(C2NC(=O)c3[nH]nc(-c4ccc(C)cc4)c32)cc1. The molecular formula is C20H17N3O3. The number of benzene rings is 2. The summed E-state index contributed by atoms with van der Waals surface area (Å²) in [5.74, 6) is -0.579. The van der Waals surface area contributed by atoms with Gasteiger partial charge in [-0.15, -0.1) is 0 Å². The lowest BCUT2D eigenvalue weighted by Crippen LogP contribution is -2.21. The van der Waals surface area contributed by atoms with Gasteiger partial charge in [-0.25, -0.2) is 4.79 Å². The number of amides is 1.